The maximum atomic E-state index is 12.9. The Kier molecular flexibility index (Phi) is 16.2. The van der Waals surface area contributed by atoms with Crippen molar-refractivity contribution in [1.29, 1.82) is 0 Å². The third-order valence-corrected chi connectivity index (χ3v) is 5.67. The van der Waals surface area contributed by atoms with Gasteiger partial charge in [0.05, 0.1) is 12.5 Å². The molecule has 0 saturated heterocycles. The smallest absolute Gasteiger partial charge is 0.326 e. The summed E-state index contributed by atoms with van der Waals surface area (Å²) in [5, 5.41) is 25.9. The van der Waals surface area contributed by atoms with Gasteiger partial charge in [-0.1, -0.05) is 26.7 Å². The minimum atomic E-state index is -1.48. The fourth-order valence-electron chi connectivity index (χ4n) is 3.27. The van der Waals surface area contributed by atoms with Crippen molar-refractivity contribution in [3.8, 4) is 0 Å². The average Bonchev–Trinajstić information content (AvgIpc) is 2.80. The van der Waals surface area contributed by atoms with Crippen LogP contribution < -0.4 is 33.2 Å². The predicted molar refractivity (Wildman–Crippen MR) is 129 cm³/mol. The van der Waals surface area contributed by atoms with Gasteiger partial charge in [-0.05, 0) is 51.1 Å². The van der Waals surface area contributed by atoms with Gasteiger partial charge in [-0.3, -0.25) is 19.2 Å². The second kappa shape index (κ2) is 17.6. The number of hydrogen-bond donors (Lipinski definition) is 8. The van der Waals surface area contributed by atoms with E-state index in [1.165, 1.54) is 0 Å². The first-order valence-corrected chi connectivity index (χ1v) is 12.0. The van der Waals surface area contributed by atoms with E-state index < -0.39 is 60.2 Å². The highest BCUT2D eigenvalue weighted by atomic mass is 16.4. The van der Waals surface area contributed by atoms with Crippen LogP contribution in [0.1, 0.15) is 65.2 Å². The molecule has 0 aromatic rings. The van der Waals surface area contributed by atoms with Crippen molar-refractivity contribution < 1.29 is 34.2 Å². The van der Waals surface area contributed by atoms with Gasteiger partial charge in [-0.15, -0.1) is 0 Å². The Balaban J connectivity index is 5.50. The molecule has 0 fully saturated rings. The van der Waals surface area contributed by atoms with Crippen molar-refractivity contribution in [3.63, 3.8) is 0 Å². The van der Waals surface area contributed by atoms with Crippen molar-refractivity contribution in [2.24, 2.45) is 23.1 Å². The summed E-state index contributed by atoms with van der Waals surface area (Å²) >= 11 is 0. The number of carbonyl (C=O) groups excluding carboxylic acids is 3. The van der Waals surface area contributed by atoms with Crippen LogP contribution in [0.5, 0.6) is 0 Å². The van der Waals surface area contributed by atoms with Crippen molar-refractivity contribution in [2.75, 3.05) is 13.1 Å². The first-order valence-electron chi connectivity index (χ1n) is 12.0. The second-order valence-corrected chi connectivity index (χ2v) is 8.61. The van der Waals surface area contributed by atoms with Crippen LogP contribution in [0.4, 0.5) is 0 Å². The number of nitrogens with one attached hydrogen (secondary N) is 3. The lowest BCUT2D eigenvalue weighted by molar-refractivity contribution is -0.144. The van der Waals surface area contributed by atoms with Crippen molar-refractivity contribution >= 4 is 29.7 Å². The monoisotopic (exact) mass is 502 g/mol. The molecule has 0 heterocycles. The van der Waals surface area contributed by atoms with E-state index in [1.54, 1.807) is 13.8 Å². The maximum Gasteiger partial charge on any atom is 0.326 e. The van der Waals surface area contributed by atoms with Gasteiger partial charge in [0.25, 0.3) is 0 Å². The Bertz CT molecular complexity index is 706. The van der Waals surface area contributed by atoms with Gasteiger partial charge < -0.3 is 43.4 Å². The molecule has 0 radical (unpaired) electrons. The van der Waals surface area contributed by atoms with Crippen LogP contribution in [0.3, 0.4) is 0 Å². The third-order valence-electron chi connectivity index (χ3n) is 5.67. The van der Waals surface area contributed by atoms with E-state index in [0.29, 0.717) is 51.6 Å². The van der Waals surface area contributed by atoms with E-state index in [-0.39, 0.29) is 12.3 Å². The van der Waals surface area contributed by atoms with Gasteiger partial charge >= 0.3 is 11.9 Å². The van der Waals surface area contributed by atoms with Crippen LogP contribution in [0.25, 0.3) is 0 Å². The Morgan fingerprint density at radius 1 is 0.771 bits per heavy atom. The van der Waals surface area contributed by atoms with Crippen LogP contribution in [0, 0.1) is 5.92 Å². The Morgan fingerprint density at radius 2 is 1.29 bits per heavy atom. The van der Waals surface area contributed by atoms with E-state index >= 15 is 0 Å². The number of hydrogen-bond acceptors (Lipinski definition) is 8. The molecule has 13 heteroatoms. The zero-order valence-electron chi connectivity index (χ0n) is 20.6. The van der Waals surface area contributed by atoms with Gasteiger partial charge in [-0.25, -0.2) is 4.79 Å². The molecule has 0 aliphatic rings. The zero-order chi connectivity index (χ0) is 27.0. The quantitative estimate of drug-likeness (QED) is 0.0963. The van der Waals surface area contributed by atoms with Crippen LogP contribution in [0.15, 0.2) is 0 Å². The zero-order valence-corrected chi connectivity index (χ0v) is 20.6. The predicted octanol–water partition coefficient (Wildman–Crippen LogP) is -1.37. The molecule has 0 spiro atoms. The van der Waals surface area contributed by atoms with Crippen LogP contribution in [-0.2, 0) is 24.0 Å². The van der Waals surface area contributed by atoms with Gasteiger partial charge in [-0.2, -0.15) is 0 Å². The summed E-state index contributed by atoms with van der Waals surface area (Å²) in [4.78, 5) is 61.1. The number of nitrogens with two attached hydrogens (primary N) is 3. The molecule has 35 heavy (non-hydrogen) atoms. The number of rotatable bonds is 19. The fourth-order valence-corrected chi connectivity index (χ4v) is 3.27. The summed E-state index contributed by atoms with van der Waals surface area (Å²) < 4.78 is 0. The lowest BCUT2D eigenvalue weighted by Crippen LogP contribution is -2.58. The Hall–Kier alpha value is -2.77. The number of carboxylic acids is 2. The number of amides is 3. The SMILES string of the molecule is CCC(C)C(NC(=O)C(CCCCN)NC(=O)C(CC(=O)O)NC(=O)C(N)CCCCN)C(=O)O. The second-order valence-electron chi connectivity index (χ2n) is 8.61. The molecule has 11 N–H and O–H groups in total. The molecule has 202 valence electrons. The first-order chi connectivity index (χ1) is 16.5. The van der Waals surface area contributed by atoms with Crippen LogP contribution >= 0.6 is 0 Å². The molecule has 3 amide bonds. The number of carboxylic acid groups (broad SMARTS) is 2. The van der Waals surface area contributed by atoms with Gasteiger partial charge in [0.15, 0.2) is 0 Å². The standard InChI is InChI=1S/C22H42N6O7/c1-3-13(2)18(22(34)35)28-20(32)15(9-5-7-11-24)26-21(33)16(12-17(29)30)27-19(31)14(25)8-4-6-10-23/h13-16,18H,3-12,23-25H2,1-2H3,(H,26,33)(H,27,31)(H,28,32)(H,29,30)(H,34,35). The minimum absolute atomic E-state index is 0.147. The lowest BCUT2D eigenvalue weighted by Gasteiger charge is -2.26. The summed E-state index contributed by atoms with van der Waals surface area (Å²) in [6.07, 6.45) is 2.49. The summed E-state index contributed by atoms with van der Waals surface area (Å²) in [6.45, 7) is 4.25. The van der Waals surface area contributed by atoms with Gasteiger partial charge in [0.2, 0.25) is 17.7 Å². The van der Waals surface area contributed by atoms with Gasteiger partial charge in [0, 0.05) is 0 Å². The van der Waals surface area contributed by atoms with Crippen molar-refractivity contribution in [3.05, 3.63) is 0 Å². The number of carbonyl (C=O) groups is 5. The molecule has 0 rings (SSSR count). The normalized spacial score (nSPS) is 15.2. The van der Waals surface area contributed by atoms with Crippen molar-refractivity contribution in [2.45, 2.75) is 89.4 Å². The minimum Gasteiger partial charge on any atom is -0.481 e. The summed E-state index contributed by atoms with van der Waals surface area (Å²) in [7, 11) is 0. The number of unbranched alkanes of at least 4 members (excludes halogenated alkanes) is 2. The molecular formula is C22H42N6O7. The molecular weight excluding hydrogens is 460 g/mol. The highest BCUT2D eigenvalue weighted by molar-refractivity contribution is 5.95. The van der Waals surface area contributed by atoms with E-state index in [9.17, 15) is 34.2 Å². The van der Waals surface area contributed by atoms with E-state index in [2.05, 4.69) is 16.0 Å². The van der Waals surface area contributed by atoms with Crippen LogP contribution in [0.2, 0.25) is 0 Å². The van der Waals surface area contributed by atoms with Crippen LogP contribution in [-0.4, -0.2) is 77.1 Å². The Labute approximate surface area is 205 Å². The molecule has 0 aliphatic heterocycles. The van der Waals surface area contributed by atoms with Gasteiger partial charge in [0.1, 0.15) is 18.1 Å². The molecule has 5 unspecified atom stereocenters. The summed E-state index contributed by atoms with van der Waals surface area (Å²) in [5.41, 5.74) is 16.8. The summed E-state index contributed by atoms with van der Waals surface area (Å²) in [5.74, 6) is -5.22. The van der Waals surface area contributed by atoms with Crippen molar-refractivity contribution in [1.82, 2.24) is 16.0 Å². The number of aliphatic carboxylic acids is 2. The average molecular weight is 503 g/mol. The first kappa shape index (κ1) is 32.2. The topological polar surface area (TPSA) is 240 Å². The highest BCUT2D eigenvalue weighted by Gasteiger charge is 2.32. The molecule has 0 bridgehead atoms. The molecule has 0 aliphatic carbocycles. The highest BCUT2D eigenvalue weighted by Crippen LogP contribution is 2.10. The van der Waals surface area contributed by atoms with E-state index in [4.69, 9.17) is 17.2 Å². The molecule has 0 aromatic heterocycles. The molecule has 0 saturated carbocycles. The largest absolute Gasteiger partial charge is 0.481 e. The summed E-state index contributed by atoms with van der Waals surface area (Å²) in [6, 6.07) is -4.75. The van der Waals surface area contributed by atoms with E-state index in [1.807, 2.05) is 0 Å². The molecule has 0 aromatic carbocycles. The lowest BCUT2D eigenvalue weighted by atomic mass is 9.98. The third kappa shape index (κ3) is 13.0. The molecule has 13 nitrogen and oxygen atoms in total. The van der Waals surface area contributed by atoms with E-state index in [0.717, 1.165) is 0 Å². The fraction of sp³-hybridized carbons (Fsp3) is 0.773. The Morgan fingerprint density at radius 3 is 1.77 bits per heavy atom. The molecule has 5 atom stereocenters. The maximum absolute atomic E-state index is 12.9.